The molecule has 2 aromatic heterocycles. The molecule has 118 valence electrons. The van der Waals surface area contributed by atoms with Crippen LogP contribution in [0.15, 0.2) is 47.8 Å². The molecule has 0 atom stereocenters. The van der Waals surface area contributed by atoms with Gasteiger partial charge in [-0.1, -0.05) is 18.2 Å². The molecule has 0 saturated carbocycles. The van der Waals surface area contributed by atoms with Gasteiger partial charge in [0, 0.05) is 12.6 Å². The predicted molar refractivity (Wildman–Crippen MR) is 94.9 cm³/mol. The number of hydrogen-bond acceptors (Lipinski definition) is 6. The van der Waals surface area contributed by atoms with Crippen LogP contribution in [0.5, 0.6) is 5.75 Å². The van der Waals surface area contributed by atoms with Gasteiger partial charge in [0.05, 0.1) is 17.7 Å². The molecule has 0 bridgehead atoms. The largest absolute Gasteiger partial charge is 0.497 e. The number of ether oxygens (including phenoxy) is 1. The van der Waals surface area contributed by atoms with Gasteiger partial charge in [-0.05, 0) is 35.6 Å². The Labute approximate surface area is 139 Å². The zero-order chi connectivity index (χ0) is 16.1. The molecule has 0 unspecified atom stereocenters. The van der Waals surface area contributed by atoms with Gasteiger partial charge in [-0.25, -0.2) is 4.98 Å². The van der Waals surface area contributed by atoms with E-state index in [9.17, 15) is 0 Å². The lowest BCUT2D eigenvalue weighted by Crippen LogP contribution is -2.08. The fraction of sp³-hybridized carbons (Fsp3) is 0.176. The van der Waals surface area contributed by atoms with Gasteiger partial charge in [0.1, 0.15) is 11.6 Å². The number of nitrogen functional groups attached to an aromatic ring is 1. The number of benzene rings is 1. The molecule has 2 heterocycles. The van der Waals surface area contributed by atoms with Crippen molar-refractivity contribution in [3.63, 3.8) is 0 Å². The summed E-state index contributed by atoms with van der Waals surface area (Å²) in [5, 5.41) is 5.33. The Hall–Kier alpha value is -2.60. The van der Waals surface area contributed by atoms with E-state index in [0.717, 1.165) is 35.1 Å². The van der Waals surface area contributed by atoms with Gasteiger partial charge in [0.25, 0.3) is 0 Å². The van der Waals surface area contributed by atoms with Gasteiger partial charge < -0.3 is 15.8 Å². The molecule has 0 saturated heterocycles. The zero-order valence-corrected chi connectivity index (χ0v) is 13.6. The van der Waals surface area contributed by atoms with Crippen LogP contribution in [-0.4, -0.2) is 23.6 Å². The molecule has 3 N–H and O–H groups in total. The van der Waals surface area contributed by atoms with E-state index in [4.69, 9.17) is 10.5 Å². The Kier molecular flexibility index (Phi) is 4.73. The molecule has 3 rings (SSSR count). The summed E-state index contributed by atoms with van der Waals surface area (Å²) >= 11 is 1.63. The smallest absolute Gasteiger partial charge is 0.222 e. The second-order valence-electron chi connectivity index (χ2n) is 5.00. The van der Waals surface area contributed by atoms with E-state index in [1.54, 1.807) is 18.4 Å². The highest BCUT2D eigenvalue weighted by Gasteiger charge is 2.05. The van der Waals surface area contributed by atoms with Crippen molar-refractivity contribution in [3.8, 4) is 16.3 Å². The number of nitrogens with two attached hydrogens (primary N) is 1. The number of aromatic nitrogens is 2. The third-order valence-corrected chi connectivity index (χ3v) is 4.29. The van der Waals surface area contributed by atoms with Gasteiger partial charge in [0.15, 0.2) is 0 Å². The van der Waals surface area contributed by atoms with Crippen LogP contribution in [-0.2, 0) is 6.42 Å². The van der Waals surface area contributed by atoms with E-state index in [2.05, 4.69) is 27.4 Å². The van der Waals surface area contributed by atoms with Crippen LogP contribution in [0.4, 0.5) is 11.8 Å². The van der Waals surface area contributed by atoms with E-state index in [1.807, 2.05) is 35.7 Å². The maximum atomic E-state index is 5.81. The summed E-state index contributed by atoms with van der Waals surface area (Å²) in [6.07, 6.45) is 0.891. The Morgan fingerprint density at radius 1 is 1.17 bits per heavy atom. The lowest BCUT2D eigenvalue weighted by molar-refractivity contribution is 0.414. The normalized spacial score (nSPS) is 10.5. The molecule has 5 nitrogen and oxygen atoms in total. The van der Waals surface area contributed by atoms with Crippen molar-refractivity contribution in [2.24, 2.45) is 0 Å². The summed E-state index contributed by atoms with van der Waals surface area (Å²) in [5.74, 6) is 1.89. The van der Waals surface area contributed by atoms with Crippen LogP contribution >= 0.6 is 11.3 Å². The van der Waals surface area contributed by atoms with E-state index in [-0.39, 0.29) is 5.95 Å². The van der Waals surface area contributed by atoms with E-state index < -0.39 is 0 Å². The third-order valence-electron chi connectivity index (χ3n) is 3.40. The van der Waals surface area contributed by atoms with E-state index >= 15 is 0 Å². The number of nitrogens with zero attached hydrogens (tertiary/aromatic N) is 2. The Bertz CT molecular complexity index is 757. The minimum Gasteiger partial charge on any atom is -0.497 e. The molecular weight excluding hydrogens is 308 g/mol. The van der Waals surface area contributed by atoms with Crippen molar-refractivity contribution in [2.45, 2.75) is 6.42 Å². The molecule has 0 amide bonds. The first kappa shape index (κ1) is 15.3. The average molecular weight is 326 g/mol. The zero-order valence-electron chi connectivity index (χ0n) is 12.8. The first-order valence-electron chi connectivity index (χ1n) is 7.30. The lowest BCUT2D eigenvalue weighted by Gasteiger charge is -2.08. The Morgan fingerprint density at radius 3 is 2.70 bits per heavy atom. The monoisotopic (exact) mass is 326 g/mol. The minimum atomic E-state index is 0.280. The van der Waals surface area contributed by atoms with Gasteiger partial charge >= 0.3 is 0 Å². The minimum absolute atomic E-state index is 0.280. The number of methoxy groups -OCH3 is 1. The topological polar surface area (TPSA) is 73.1 Å². The number of nitrogens with one attached hydrogen (secondary N) is 1. The maximum Gasteiger partial charge on any atom is 0.222 e. The van der Waals surface area contributed by atoms with E-state index in [1.165, 1.54) is 5.56 Å². The van der Waals surface area contributed by atoms with Crippen LogP contribution in [0.1, 0.15) is 5.56 Å². The van der Waals surface area contributed by atoms with Crippen molar-refractivity contribution in [3.05, 3.63) is 53.4 Å². The molecule has 0 fully saturated rings. The van der Waals surface area contributed by atoms with Gasteiger partial charge in [-0.15, -0.1) is 11.3 Å². The molecule has 0 spiro atoms. The average Bonchev–Trinajstić information content (AvgIpc) is 3.09. The molecule has 3 aromatic rings. The number of hydrogen-bond donors (Lipinski definition) is 2. The van der Waals surface area contributed by atoms with Crippen LogP contribution < -0.4 is 15.8 Å². The van der Waals surface area contributed by atoms with Gasteiger partial charge in [0.2, 0.25) is 5.95 Å². The Balaban J connectivity index is 1.63. The summed E-state index contributed by atoms with van der Waals surface area (Å²) in [6, 6.07) is 14.0. The molecule has 0 radical (unpaired) electrons. The molecule has 0 aliphatic heterocycles. The van der Waals surface area contributed by atoms with Gasteiger partial charge in [-0.3, -0.25) is 0 Å². The highest BCUT2D eigenvalue weighted by Crippen LogP contribution is 2.25. The molecule has 0 aliphatic rings. The maximum absolute atomic E-state index is 5.81. The van der Waals surface area contributed by atoms with Gasteiger partial charge in [-0.2, -0.15) is 4.98 Å². The van der Waals surface area contributed by atoms with Crippen LogP contribution in [0.3, 0.4) is 0 Å². The van der Waals surface area contributed by atoms with Crippen molar-refractivity contribution in [1.29, 1.82) is 0 Å². The number of thiophene rings is 1. The van der Waals surface area contributed by atoms with Crippen molar-refractivity contribution < 1.29 is 4.74 Å². The standard InChI is InChI=1S/C17H18N4OS/c1-22-13-6-4-12(5-7-13)8-9-19-16-11-14(20-17(18)21-16)15-3-2-10-23-15/h2-7,10-11H,8-9H2,1H3,(H3,18,19,20,21). The molecular formula is C17H18N4OS. The summed E-state index contributed by atoms with van der Waals surface area (Å²) in [7, 11) is 1.67. The molecule has 6 heteroatoms. The highest BCUT2D eigenvalue weighted by molar-refractivity contribution is 7.13. The van der Waals surface area contributed by atoms with Crippen LogP contribution in [0, 0.1) is 0 Å². The third kappa shape index (κ3) is 3.98. The van der Waals surface area contributed by atoms with Crippen molar-refractivity contribution >= 4 is 23.1 Å². The summed E-state index contributed by atoms with van der Waals surface area (Å²) in [6.45, 7) is 0.770. The van der Waals surface area contributed by atoms with Crippen LogP contribution in [0.25, 0.3) is 10.6 Å². The number of anilines is 2. The fourth-order valence-corrected chi connectivity index (χ4v) is 2.92. The Morgan fingerprint density at radius 2 is 2.00 bits per heavy atom. The first-order chi connectivity index (χ1) is 11.2. The SMILES string of the molecule is COc1ccc(CCNc2cc(-c3cccs3)nc(N)n2)cc1. The number of rotatable bonds is 6. The fourth-order valence-electron chi connectivity index (χ4n) is 2.23. The van der Waals surface area contributed by atoms with E-state index in [0.29, 0.717) is 0 Å². The predicted octanol–water partition coefficient (Wildman–Crippen LogP) is 3.45. The second kappa shape index (κ2) is 7.11. The molecule has 1 aromatic carbocycles. The highest BCUT2D eigenvalue weighted by atomic mass is 32.1. The van der Waals surface area contributed by atoms with Crippen molar-refractivity contribution in [1.82, 2.24) is 9.97 Å². The lowest BCUT2D eigenvalue weighted by atomic mass is 10.1. The summed E-state index contributed by atoms with van der Waals surface area (Å²) < 4.78 is 5.16. The quantitative estimate of drug-likeness (QED) is 0.726. The first-order valence-corrected chi connectivity index (χ1v) is 8.18. The van der Waals surface area contributed by atoms with Crippen molar-refractivity contribution in [2.75, 3.05) is 24.7 Å². The summed E-state index contributed by atoms with van der Waals surface area (Å²) in [5.41, 5.74) is 7.89. The molecule has 0 aliphatic carbocycles. The van der Waals surface area contributed by atoms with Crippen LogP contribution in [0.2, 0.25) is 0 Å². The molecule has 23 heavy (non-hydrogen) atoms. The second-order valence-corrected chi connectivity index (χ2v) is 5.95. The summed E-state index contributed by atoms with van der Waals surface area (Å²) in [4.78, 5) is 9.61.